The first-order valence-electron chi connectivity index (χ1n) is 32.4. The number of likely N-dealkylation sites (N-methyl/N-ethyl adjacent to an activating group) is 1. The Balaban J connectivity index is 5.08. The molecule has 10 heteroatoms. The van der Waals surface area contributed by atoms with E-state index in [1.54, 1.807) is 0 Å². The van der Waals surface area contributed by atoms with Gasteiger partial charge >= 0.3 is 13.8 Å². The maximum absolute atomic E-state index is 13.6. The SMILES string of the molecule is CC/C=C\C/C=C\C/C=C\C/C=C\C/C=C\C/C=C\CCCCCCCCCCC(=O)NC(COP(=O)(O)OCC[N+](C)(C)C)C(/C=C\CCCCCCCCCCC)OC(=O)CCCCCCCCCCCCCCCC. The molecule has 0 spiro atoms. The van der Waals surface area contributed by atoms with E-state index in [0.717, 1.165) is 109 Å². The fourth-order valence-electron chi connectivity index (χ4n) is 9.12. The highest BCUT2D eigenvalue weighted by molar-refractivity contribution is 7.47. The molecule has 0 aliphatic rings. The maximum Gasteiger partial charge on any atom is 0.472 e. The molecular weight excluding hydrogens is 988 g/mol. The van der Waals surface area contributed by atoms with Crippen molar-refractivity contribution in [1.29, 1.82) is 0 Å². The van der Waals surface area contributed by atoms with Crippen LogP contribution in [-0.4, -0.2) is 74.3 Å². The fraction of sp³-hybridized carbons (Fsp3) is 0.765. The molecule has 0 aliphatic carbocycles. The highest BCUT2D eigenvalue weighted by atomic mass is 31.2. The summed E-state index contributed by atoms with van der Waals surface area (Å²) in [5.41, 5.74) is 0. The summed E-state index contributed by atoms with van der Waals surface area (Å²) in [6, 6.07) is -0.854. The zero-order chi connectivity index (χ0) is 57.2. The summed E-state index contributed by atoms with van der Waals surface area (Å²) in [5, 5.41) is 3.06. The van der Waals surface area contributed by atoms with Gasteiger partial charge in [-0.2, -0.15) is 0 Å². The molecule has 0 rings (SSSR count). The summed E-state index contributed by atoms with van der Waals surface area (Å²) >= 11 is 0. The van der Waals surface area contributed by atoms with Gasteiger partial charge in [-0.1, -0.05) is 273 Å². The van der Waals surface area contributed by atoms with E-state index in [1.807, 2.05) is 33.3 Å². The number of ether oxygens (including phenoxy) is 1. The summed E-state index contributed by atoms with van der Waals surface area (Å²) in [7, 11) is 1.49. The maximum atomic E-state index is 13.6. The van der Waals surface area contributed by atoms with Gasteiger partial charge in [-0.25, -0.2) is 4.57 Å². The molecule has 0 saturated heterocycles. The number of phosphoric acid groups is 1. The van der Waals surface area contributed by atoms with E-state index in [-0.39, 0.29) is 31.5 Å². The van der Waals surface area contributed by atoms with Crippen molar-refractivity contribution in [2.75, 3.05) is 40.9 Å². The molecule has 0 heterocycles. The monoisotopic (exact) mass is 1110 g/mol. The number of nitrogens with zero attached hydrogens (tertiary/aromatic N) is 1. The molecule has 3 unspecified atom stereocenters. The van der Waals surface area contributed by atoms with Crippen molar-refractivity contribution in [3.63, 3.8) is 0 Å². The summed E-state index contributed by atoms with van der Waals surface area (Å²) in [4.78, 5) is 37.7. The Bertz CT molecular complexity index is 1610. The lowest BCUT2D eigenvalue weighted by atomic mass is 10.0. The minimum Gasteiger partial charge on any atom is -0.456 e. The number of rotatable bonds is 58. The van der Waals surface area contributed by atoms with E-state index in [9.17, 15) is 19.0 Å². The molecule has 0 aromatic heterocycles. The molecule has 0 fully saturated rings. The van der Waals surface area contributed by atoms with Crippen LogP contribution in [0.25, 0.3) is 0 Å². The van der Waals surface area contributed by atoms with Gasteiger partial charge in [0.05, 0.1) is 33.8 Å². The highest BCUT2D eigenvalue weighted by Crippen LogP contribution is 2.43. The number of hydrogen-bond acceptors (Lipinski definition) is 6. The number of nitrogens with one attached hydrogen (secondary N) is 1. The van der Waals surface area contributed by atoms with Gasteiger partial charge in [0.2, 0.25) is 5.91 Å². The average Bonchev–Trinajstić information content (AvgIpc) is 3.41. The molecule has 452 valence electrons. The standard InChI is InChI=1S/C68H123N2O7P/c1-7-10-13-16-19-22-25-27-29-30-31-32-33-34-35-36-37-38-39-40-41-42-45-48-51-54-57-60-67(71)69-65(64-76-78(73,74)75-63-62-70(4,5)6)66(59-56-53-50-47-44-24-21-18-15-12-9-3)77-68(72)61-58-55-52-49-46-43-28-26-23-20-17-14-11-8-2/h10,13,19,22,27,29,31-32,34-35,37-38,56,59,65-66H,7-9,11-12,14-18,20-21,23-26,28,30,33,36,39-55,57-58,60-64H2,1-6H3,(H-,69,71,73,74)/p+1/b13-10-,22-19-,29-27-,32-31-,35-34-,38-37-,59-56-. The van der Waals surface area contributed by atoms with Gasteiger partial charge in [0.15, 0.2) is 0 Å². The number of amides is 1. The quantitative estimate of drug-likeness (QED) is 0.0205. The van der Waals surface area contributed by atoms with E-state index < -0.39 is 20.0 Å². The molecule has 0 aromatic rings. The predicted octanol–water partition coefficient (Wildman–Crippen LogP) is 20.2. The Morgan fingerprint density at radius 1 is 0.462 bits per heavy atom. The van der Waals surface area contributed by atoms with E-state index in [4.69, 9.17) is 13.8 Å². The minimum atomic E-state index is -4.45. The second-order valence-corrected chi connectivity index (χ2v) is 24.4. The Hall–Kier alpha value is -2.81. The summed E-state index contributed by atoms with van der Waals surface area (Å²) < 4.78 is 30.7. The normalized spacial score (nSPS) is 14.2. The largest absolute Gasteiger partial charge is 0.472 e. The van der Waals surface area contributed by atoms with Gasteiger partial charge in [0, 0.05) is 12.8 Å². The van der Waals surface area contributed by atoms with Crippen LogP contribution in [0.4, 0.5) is 0 Å². The van der Waals surface area contributed by atoms with Crippen LogP contribution in [0.5, 0.6) is 0 Å². The molecule has 0 aliphatic heterocycles. The van der Waals surface area contributed by atoms with Crippen molar-refractivity contribution in [3.8, 4) is 0 Å². The topological polar surface area (TPSA) is 111 Å². The van der Waals surface area contributed by atoms with Crippen LogP contribution in [-0.2, 0) is 27.9 Å². The van der Waals surface area contributed by atoms with E-state index in [2.05, 4.69) is 99.0 Å². The first-order valence-corrected chi connectivity index (χ1v) is 33.9. The number of phosphoric ester groups is 1. The van der Waals surface area contributed by atoms with Crippen molar-refractivity contribution >= 4 is 19.7 Å². The Morgan fingerprint density at radius 2 is 0.821 bits per heavy atom. The average molecular weight is 1110 g/mol. The Morgan fingerprint density at radius 3 is 1.23 bits per heavy atom. The van der Waals surface area contributed by atoms with Crippen LogP contribution < -0.4 is 5.32 Å². The first-order chi connectivity index (χ1) is 37.9. The van der Waals surface area contributed by atoms with Gasteiger partial charge in [-0.15, -0.1) is 0 Å². The fourth-order valence-corrected chi connectivity index (χ4v) is 9.86. The van der Waals surface area contributed by atoms with Crippen LogP contribution in [0.1, 0.15) is 284 Å². The number of quaternary nitrogens is 1. The predicted molar refractivity (Wildman–Crippen MR) is 337 cm³/mol. The lowest BCUT2D eigenvalue weighted by Crippen LogP contribution is -2.47. The number of carbonyl (C=O) groups excluding carboxylic acids is 2. The Kier molecular flexibility index (Phi) is 55.4. The Labute approximate surface area is 482 Å². The first kappa shape index (κ1) is 75.2. The summed E-state index contributed by atoms with van der Waals surface area (Å²) in [5.74, 6) is -0.511. The van der Waals surface area contributed by atoms with Crippen LogP contribution >= 0.6 is 7.82 Å². The van der Waals surface area contributed by atoms with Crippen molar-refractivity contribution in [2.24, 2.45) is 0 Å². The number of esters is 1. The number of hydrogen-bond donors (Lipinski definition) is 2. The third kappa shape index (κ3) is 57.9. The molecule has 0 radical (unpaired) electrons. The molecule has 2 N–H and O–H groups in total. The van der Waals surface area contributed by atoms with Crippen molar-refractivity contribution < 1.29 is 37.3 Å². The van der Waals surface area contributed by atoms with Gasteiger partial charge in [0.1, 0.15) is 19.3 Å². The molecule has 3 atom stereocenters. The molecule has 0 saturated carbocycles. The third-order valence-electron chi connectivity index (χ3n) is 14.1. The van der Waals surface area contributed by atoms with Gasteiger partial charge in [-0.3, -0.25) is 18.6 Å². The molecular formula is C68H124N2O7P+. The summed E-state index contributed by atoms with van der Waals surface area (Å²) in [6.07, 6.45) is 75.8. The highest BCUT2D eigenvalue weighted by Gasteiger charge is 2.30. The van der Waals surface area contributed by atoms with Crippen molar-refractivity contribution in [2.45, 2.75) is 296 Å². The number of carbonyl (C=O) groups is 2. The van der Waals surface area contributed by atoms with Gasteiger partial charge in [0.25, 0.3) is 0 Å². The number of allylic oxidation sites excluding steroid dienone is 13. The van der Waals surface area contributed by atoms with Crippen LogP contribution in [0.3, 0.4) is 0 Å². The number of unbranched alkanes of at least 4 members (excludes halogenated alkanes) is 30. The third-order valence-corrected chi connectivity index (χ3v) is 15.1. The van der Waals surface area contributed by atoms with Crippen molar-refractivity contribution in [3.05, 3.63) is 85.1 Å². The van der Waals surface area contributed by atoms with Crippen LogP contribution in [0.2, 0.25) is 0 Å². The zero-order valence-corrected chi connectivity index (χ0v) is 52.5. The van der Waals surface area contributed by atoms with E-state index in [1.165, 1.54) is 141 Å². The van der Waals surface area contributed by atoms with Crippen LogP contribution in [0.15, 0.2) is 85.1 Å². The second kappa shape index (κ2) is 57.4. The van der Waals surface area contributed by atoms with Crippen molar-refractivity contribution in [1.82, 2.24) is 5.32 Å². The lowest BCUT2D eigenvalue weighted by Gasteiger charge is -2.27. The molecule has 9 nitrogen and oxygen atoms in total. The molecule has 78 heavy (non-hydrogen) atoms. The smallest absolute Gasteiger partial charge is 0.456 e. The lowest BCUT2D eigenvalue weighted by molar-refractivity contribution is -0.870. The van der Waals surface area contributed by atoms with Crippen LogP contribution in [0, 0.1) is 0 Å². The molecule has 1 amide bonds. The van der Waals surface area contributed by atoms with Gasteiger partial charge in [-0.05, 0) is 83.1 Å². The summed E-state index contributed by atoms with van der Waals surface area (Å²) in [6.45, 7) is 6.90. The van der Waals surface area contributed by atoms with E-state index >= 15 is 0 Å². The van der Waals surface area contributed by atoms with E-state index in [0.29, 0.717) is 17.4 Å². The zero-order valence-electron chi connectivity index (χ0n) is 51.6. The second-order valence-electron chi connectivity index (χ2n) is 22.9. The molecule has 0 aromatic carbocycles. The minimum absolute atomic E-state index is 0.0366. The molecule has 0 bridgehead atoms. The van der Waals surface area contributed by atoms with Gasteiger partial charge < -0.3 is 19.4 Å².